The van der Waals surface area contributed by atoms with Crippen LogP contribution in [0.5, 0.6) is 5.75 Å². The molecule has 5 rings (SSSR count). The number of carbonyl (C=O) groups is 3. The third-order valence-electron chi connectivity index (χ3n) is 7.35. The Morgan fingerprint density at radius 1 is 0.945 bits per heavy atom. The summed E-state index contributed by atoms with van der Waals surface area (Å²) in [6.07, 6.45) is -6.14. The Kier molecular flexibility index (Phi) is 14.1. The minimum atomic E-state index is -5.08. The number of H-pyrrole nitrogens is 1. The Bertz CT molecular complexity index is 2110. The number of benzene rings is 3. The summed E-state index contributed by atoms with van der Waals surface area (Å²) in [7, 11) is 0. The number of hydrogen-bond donors (Lipinski definition) is 6. The molecule has 12 nitrogen and oxygen atoms in total. The van der Waals surface area contributed by atoms with Gasteiger partial charge in [-0.15, -0.1) is 0 Å². The smallest absolute Gasteiger partial charge is 0.490 e. The second-order valence-electron chi connectivity index (χ2n) is 12.0. The van der Waals surface area contributed by atoms with Crippen molar-refractivity contribution in [2.24, 2.45) is 11.7 Å². The normalized spacial score (nSPS) is 11.8. The van der Waals surface area contributed by atoms with E-state index in [0.29, 0.717) is 47.1 Å². The lowest BCUT2D eigenvalue weighted by Gasteiger charge is -2.22. The summed E-state index contributed by atoms with van der Waals surface area (Å²) in [6, 6.07) is 17.4. The number of ether oxygens (including phenoxy) is 1. The zero-order chi connectivity index (χ0) is 41.2. The fraction of sp³-hybridized carbons (Fsp3) is 0.250. The van der Waals surface area contributed by atoms with Crippen molar-refractivity contribution in [2.75, 3.05) is 17.7 Å². The second-order valence-corrected chi connectivity index (χ2v) is 12.0. The van der Waals surface area contributed by atoms with Gasteiger partial charge in [-0.25, -0.2) is 23.9 Å². The van der Waals surface area contributed by atoms with E-state index in [1.165, 1.54) is 0 Å². The number of nitrogen functional groups attached to an aromatic ring is 1. The summed E-state index contributed by atoms with van der Waals surface area (Å²) in [5, 5.41) is 19.4. The number of alkyl halides is 6. The third-order valence-corrected chi connectivity index (χ3v) is 7.35. The number of aromatic amines is 1. The highest BCUT2D eigenvalue weighted by Gasteiger charge is 2.39. The number of nitrogens with two attached hydrogens (primary N) is 2. The number of pyridine rings is 1. The summed E-state index contributed by atoms with van der Waals surface area (Å²) in [5.74, 6) is -5.22. The first kappa shape index (κ1) is 43.0. The number of aromatic nitrogens is 3. The first-order chi connectivity index (χ1) is 25.6. The molecule has 1 atom stereocenters. The molecule has 8 N–H and O–H groups in total. The second kappa shape index (κ2) is 18.1. The third kappa shape index (κ3) is 11.8. The van der Waals surface area contributed by atoms with Gasteiger partial charge in [0.2, 0.25) is 5.91 Å². The van der Waals surface area contributed by atoms with Crippen LogP contribution in [0.3, 0.4) is 0 Å². The summed E-state index contributed by atoms with van der Waals surface area (Å²) < 4.78 is 85.6. The van der Waals surface area contributed by atoms with Crippen LogP contribution in [0.15, 0.2) is 73.1 Å². The molecule has 0 bridgehead atoms. The lowest BCUT2D eigenvalue weighted by Crippen LogP contribution is -2.21. The average Bonchev–Trinajstić information content (AvgIpc) is 3.60. The number of primary amides is 1. The number of aryl methyl sites for hydroxylation is 1. The van der Waals surface area contributed by atoms with E-state index in [9.17, 15) is 31.1 Å². The van der Waals surface area contributed by atoms with Crippen LogP contribution < -0.4 is 21.5 Å². The number of anilines is 2. The largest absolute Gasteiger partial charge is 0.490 e. The van der Waals surface area contributed by atoms with Gasteiger partial charge in [0, 0.05) is 40.2 Å². The van der Waals surface area contributed by atoms with Crippen molar-refractivity contribution in [3.8, 4) is 17.0 Å². The summed E-state index contributed by atoms with van der Waals surface area (Å²) >= 11 is 0. The number of carboxylic acids is 2. The minimum Gasteiger partial charge on any atom is -0.490 e. The van der Waals surface area contributed by atoms with Gasteiger partial charge in [-0.1, -0.05) is 45.0 Å². The number of nitrogens with zero attached hydrogens (tertiary/aromatic N) is 2. The maximum Gasteiger partial charge on any atom is 0.490 e. The maximum atomic E-state index is 16.2. The van der Waals surface area contributed by atoms with Crippen molar-refractivity contribution >= 4 is 40.1 Å². The highest BCUT2D eigenvalue weighted by molar-refractivity contribution is 5.99. The van der Waals surface area contributed by atoms with Gasteiger partial charge in [-0.3, -0.25) is 4.79 Å². The van der Waals surface area contributed by atoms with Crippen molar-refractivity contribution in [3.05, 3.63) is 101 Å². The molecular weight excluding hydrogens is 745 g/mol. The van der Waals surface area contributed by atoms with E-state index < -0.39 is 42.1 Å². The van der Waals surface area contributed by atoms with Gasteiger partial charge in [-0.05, 0) is 59.7 Å². The van der Waals surface area contributed by atoms with Crippen molar-refractivity contribution in [1.29, 1.82) is 0 Å². The standard InChI is InChI=1S/C32H33FN6O2.2C2HF3O2/c1-4-19-13-25(28(33)27(14-19)41-17-18(2)3)29(38-21-9-10-22-20(15-21)11-12-36-30(22)34)32-37-16-26(39-32)23-7-5-6-8-24(23)31(35)40;2*3-2(4,5)1(6)7/h5-16,18,29,38H,4,17H2,1-3H3,(H2,34,36)(H2,35,40)(H,37,39);2*(H,6,7). The van der Waals surface area contributed by atoms with E-state index in [1.807, 2.05) is 57.2 Å². The zero-order valence-electron chi connectivity index (χ0n) is 29.2. The van der Waals surface area contributed by atoms with Crippen LogP contribution in [0.2, 0.25) is 0 Å². The molecule has 0 aliphatic rings. The Morgan fingerprint density at radius 2 is 1.56 bits per heavy atom. The van der Waals surface area contributed by atoms with Crippen LogP contribution in [0.1, 0.15) is 54.1 Å². The lowest BCUT2D eigenvalue weighted by atomic mass is 9.99. The molecule has 55 heavy (non-hydrogen) atoms. The topological polar surface area (TPSA) is 207 Å². The minimum absolute atomic E-state index is 0.197. The molecule has 1 unspecified atom stereocenters. The van der Waals surface area contributed by atoms with Crippen LogP contribution in [0.25, 0.3) is 22.0 Å². The van der Waals surface area contributed by atoms with Gasteiger partial charge in [0.05, 0.1) is 12.3 Å². The molecule has 0 saturated heterocycles. The average molecular weight is 781 g/mol. The van der Waals surface area contributed by atoms with Gasteiger partial charge in [0.1, 0.15) is 17.7 Å². The Morgan fingerprint density at radius 3 is 2.13 bits per heavy atom. The number of carboxylic acid groups (broad SMARTS) is 2. The number of hydrogen-bond acceptors (Lipinski definition) is 8. The Labute approximate surface area is 308 Å². The van der Waals surface area contributed by atoms with Crippen LogP contribution in [-0.2, 0) is 16.0 Å². The predicted molar refractivity (Wildman–Crippen MR) is 188 cm³/mol. The molecule has 0 aliphatic heterocycles. The molecule has 0 fully saturated rings. The van der Waals surface area contributed by atoms with Crippen molar-refractivity contribution in [2.45, 2.75) is 45.6 Å². The van der Waals surface area contributed by atoms with Crippen LogP contribution in [0, 0.1) is 11.7 Å². The highest BCUT2D eigenvalue weighted by Crippen LogP contribution is 2.35. The van der Waals surface area contributed by atoms with E-state index in [4.69, 9.17) is 41.0 Å². The van der Waals surface area contributed by atoms with E-state index in [2.05, 4.69) is 15.3 Å². The summed E-state index contributed by atoms with van der Waals surface area (Å²) in [5.41, 5.74) is 15.2. The number of halogens is 7. The fourth-order valence-electron chi connectivity index (χ4n) is 4.75. The number of aliphatic carboxylic acids is 2. The van der Waals surface area contributed by atoms with Crippen molar-refractivity contribution in [3.63, 3.8) is 0 Å². The fourth-order valence-corrected chi connectivity index (χ4v) is 4.75. The molecule has 2 heterocycles. The van der Waals surface area contributed by atoms with E-state index in [0.717, 1.165) is 22.0 Å². The van der Waals surface area contributed by atoms with Crippen molar-refractivity contribution < 1.29 is 60.1 Å². The van der Waals surface area contributed by atoms with E-state index in [1.54, 1.807) is 36.7 Å². The first-order valence-electron chi connectivity index (χ1n) is 16.0. The Hall–Kier alpha value is -6.40. The molecule has 2 aromatic heterocycles. The molecule has 1 amide bonds. The zero-order valence-corrected chi connectivity index (χ0v) is 29.2. The number of carbonyl (C=O) groups excluding carboxylic acids is 1. The molecule has 19 heteroatoms. The van der Waals surface area contributed by atoms with Gasteiger partial charge >= 0.3 is 24.3 Å². The Balaban J connectivity index is 0.000000494. The lowest BCUT2D eigenvalue weighted by molar-refractivity contribution is -0.193. The molecule has 0 saturated carbocycles. The predicted octanol–water partition coefficient (Wildman–Crippen LogP) is 7.51. The number of fused-ring (bicyclic) bond motifs is 1. The first-order valence-corrected chi connectivity index (χ1v) is 16.0. The molecule has 0 aliphatic carbocycles. The monoisotopic (exact) mass is 780 g/mol. The number of nitrogens with one attached hydrogen (secondary N) is 2. The molecule has 294 valence electrons. The quantitative estimate of drug-likeness (QED) is 0.0769. The number of rotatable bonds is 10. The molecular formula is C36H35F7N6O6. The summed E-state index contributed by atoms with van der Waals surface area (Å²) in [6.45, 7) is 6.43. The van der Waals surface area contributed by atoms with E-state index >= 15 is 4.39 Å². The van der Waals surface area contributed by atoms with Crippen molar-refractivity contribution in [1.82, 2.24) is 15.0 Å². The number of imidazole rings is 1. The van der Waals surface area contributed by atoms with Crippen LogP contribution >= 0.6 is 0 Å². The van der Waals surface area contributed by atoms with Gasteiger partial charge in [-0.2, -0.15) is 26.3 Å². The SMILES string of the molecule is CCc1cc(OCC(C)C)c(F)c(C(Nc2ccc3c(N)nccc3c2)c2nc(-c3ccccc3C(N)=O)c[nH]2)c1.O=C(O)C(F)(F)F.O=C(O)C(F)(F)F. The van der Waals surface area contributed by atoms with Gasteiger partial charge in [0.15, 0.2) is 11.6 Å². The van der Waals surface area contributed by atoms with Crippen LogP contribution in [0.4, 0.5) is 42.2 Å². The molecule has 0 spiro atoms. The molecule has 5 aromatic rings. The molecule has 0 radical (unpaired) electrons. The highest BCUT2D eigenvalue weighted by atomic mass is 19.4. The van der Waals surface area contributed by atoms with Crippen LogP contribution in [-0.4, -0.2) is 62.0 Å². The van der Waals surface area contributed by atoms with E-state index in [-0.39, 0.29) is 11.7 Å². The maximum absolute atomic E-state index is 16.2. The van der Waals surface area contributed by atoms with Gasteiger partial charge in [0.25, 0.3) is 0 Å². The molecule has 3 aromatic carbocycles. The van der Waals surface area contributed by atoms with Gasteiger partial charge < -0.3 is 36.7 Å². The summed E-state index contributed by atoms with van der Waals surface area (Å²) in [4.78, 5) is 42.1. The number of amides is 1.